The molecule has 0 aliphatic heterocycles. The molecule has 0 spiro atoms. The molecular formula is C21H24F2N2O3S. The Hall–Kier alpha value is -2.32. The fraction of sp³-hybridized carbons (Fsp3) is 0.381. The Morgan fingerprint density at radius 2 is 1.76 bits per heavy atom. The van der Waals surface area contributed by atoms with Crippen molar-refractivity contribution in [1.29, 1.82) is 0 Å². The van der Waals surface area contributed by atoms with Gasteiger partial charge >= 0.3 is 0 Å². The molecule has 2 atom stereocenters. The normalized spacial score (nSPS) is 19.7. The molecule has 0 bridgehead atoms. The molecule has 1 saturated carbocycles. The van der Waals surface area contributed by atoms with Crippen LogP contribution in [0.2, 0.25) is 0 Å². The van der Waals surface area contributed by atoms with E-state index in [2.05, 4.69) is 10.0 Å². The number of rotatable bonds is 5. The van der Waals surface area contributed by atoms with E-state index in [9.17, 15) is 22.0 Å². The second-order valence-electron chi connectivity index (χ2n) is 7.55. The Labute approximate surface area is 169 Å². The van der Waals surface area contributed by atoms with E-state index in [-0.39, 0.29) is 23.2 Å². The van der Waals surface area contributed by atoms with Crippen molar-refractivity contribution in [3.05, 3.63) is 59.2 Å². The molecule has 2 aromatic carbocycles. The molecule has 156 valence electrons. The summed E-state index contributed by atoms with van der Waals surface area (Å²) in [6.45, 7) is 3.56. The summed E-state index contributed by atoms with van der Waals surface area (Å²) < 4.78 is 56.1. The van der Waals surface area contributed by atoms with E-state index in [1.165, 1.54) is 24.3 Å². The molecule has 0 unspecified atom stereocenters. The average molecular weight is 422 g/mol. The van der Waals surface area contributed by atoms with E-state index in [4.69, 9.17) is 0 Å². The summed E-state index contributed by atoms with van der Waals surface area (Å²) in [5.41, 5.74) is 0.617. The van der Waals surface area contributed by atoms with Crippen LogP contribution in [0.1, 0.15) is 48.5 Å². The van der Waals surface area contributed by atoms with Crippen LogP contribution in [-0.4, -0.2) is 20.4 Å². The smallest absolute Gasteiger partial charge is 0.255 e. The van der Waals surface area contributed by atoms with Gasteiger partial charge in [0.05, 0.1) is 0 Å². The van der Waals surface area contributed by atoms with Crippen molar-refractivity contribution in [3.63, 3.8) is 0 Å². The van der Waals surface area contributed by atoms with Gasteiger partial charge in [0.1, 0.15) is 16.5 Å². The first-order valence-corrected chi connectivity index (χ1v) is 11.0. The number of nitrogens with one attached hydrogen (secondary N) is 2. The summed E-state index contributed by atoms with van der Waals surface area (Å²) >= 11 is 0. The SMILES string of the molecule is Cc1ccc(NC(=O)c2ccc(F)c(S(=O)(=O)N[C@H]3CCCC[C@H]3C)c2)cc1F. The topological polar surface area (TPSA) is 75.3 Å². The fourth-order valence-corrected chi connectivity index (χ4v) is 4.96. The zero-order valence-corrected chi connectivity index (χ0v) is 17.2. The molecule has 8 heteroatoms. The van der Waals surface area contributed by atoms with Crippen molar-refractivity contribution < 1.29 is 22.0 Å². The number of carbonyl (C=O) groups is 1. The molecule has 5 nitrogen and oxygen atoms in total. The van der Waals surface area contributed by atoms with Crippen LogP contribution in [0.15, 0.2) is 41.3 Å². The lowest BCUT2D eigenvalue weighted by Crippen LogP contribution is -2.41. The van der Waals surface area contributed by atoms with Gasteiger partial charge in [-0.15, -0.1) is 0 Å². The first kappa shape index (κ1) is 21.4. The Morgan fingerprint density at radius 1 is 1.03 bits per heavy atom. The van der Waals surface area contributed by atoms with E-state index >= 15 is 0 Å². The zero-order valence-electron chi connectivity index (χ0n) is 16.3. The van der Waals surface area contributed by atoms with Crippen LogP contribution in [0, 0.1) is 24.5 Å². The standard InChI is InChI=1S/C21H24F2N2O3S/c1-13-7-9-16(12-18(13)23)24-21(26)15-8-10-17(22)20(11-15)29(27,28)25-19-6-4-3-5-14(19)2/h7-12,14,19,25H,3-6H2,1-2H3,(H,24,26)/t14-,19+/m1/s1. The summed E-state index contributed by atoms with van der Waals surface area (Å²) in [5, 5.41) is 2.50. The molecule has 2 N–H and O–H groups in total. The highest BCUT2D eigenvalue weighted by molar-refractivity contribution is 7.89. The van der Waals surface area contributed by atoms with Crippen molar-refractivity contribution >= 4 is 21.6 Å². The maximum atomic E-state index is 14.3. The van der Waals surface area contributed by atoms with Gasteiger partial charge in [-0.05, 0) is 61.6 Å². The van der Waals surface area contributed by atoms with E-state index in [1.807, 2.05) is 6.92 Å². The monoisotopic (exact) mass is 422 g/mol. The molecule has 1 aliphatic rings. The maximum Gasteiger partial charge on any atom is 0.255 e. The third kappa shape index (κ3) is 5.00. The number of benzene rings is 2. The highest BCUT2D eigenvalue weighted by Gasteiger charge is 2.29. The van der Waals surface area contributed by atoms with Crippen LogP contribution in [-0.2, 0) is 10.0 Å². The van der Waals surface area contributed by atoms with Crippen molar-refractivity contribution in [2.24, 2.45) is 5.92 Å². The Morgan fingerprint density at radius 3 is 2.45 bits per heavy atom. The second-order valence-corrected chi connectivity index (χ2v) is 9.24. The number of anilines is 1. The lowest BCUT2D eigenvalue weighted by molar-refractivity contribution is 0.102. The third-order valence-electron chi connectivity index (χ3n) is 5.33. The van der Waals surface area contributed by atoms with Crippen LogP contribution in [0.3, 0.4) is 0 Å². The molecular weight excluding hydrogens is 398 g/mol. The largest absolute Gasteiger partial charge is 0.322 e. The van der Waals surface area contributed by atoms with Gasteiger partial charge < -0.3 is 5.32 Å². The molecule has 0 radical (unpaired) electrons. The lowest BCUT2D eigenvalue weighted by Gasteiger charge is -2.29. The number of carbonyl (C=O) groups excluding carboxylic acids is 1. The van der Waals surface area contributed by atoms with E-state index in [1.54, 1.807) is 6.92 Å². The van der Waals surface area contributed by atoms with Gasteiger partial charge in [0.25, 0.3) is 5.91 Å². The fourth-order valence-electron chi connectivity index (χ4n) is 3.48. The number of sulfonamides is 1. The molecule has 1 fully saturated rings. The lowest BCUT2D eigenvalue weighted by atomic mass is 9.87. The number of halogens is 2. The quantitative estimate of drug-likeness (QED) is 0.751. The molecule has 0 aromatic heterocycles. The summed E-state index contributed by atoms with van der Waals surface area (Å²) in [6, 6.07) is 7.10. The van der Waals surface area contributed by atoms with Crippen LogP contribution in [0.5, 0.6) is 0 Å². The Bertz CT molecular complexity index is 1020. The Kier molecular flexibility index (Phi) is 6.33. The van der Waals surface area contributed by atoms with Crippen molar-refractivity contribution in [2.45, 2.75) is 50.5 Å². The van der Waals surface area contributed by atoms with Crippen molar-refractivity contribution in [3.8, 4) is 0 Å². The van der Waals surface area contributed by atoms with Gasteiger partial charge in [0, 0.05) is 17.3 Å². The van der Waals surface area contributed by atoms with E-state index in [0.29, 0.717) is 12.0 Å². The van der Waals surface area contributed by atoms with Crippen LogP contribution in [0.25, 0.3) is 0 Å². The van der Waals surface area contributed by atoms with Gasteiger partial charge in [-0.1, -0.05) is 25.8 Å². The van der Waals surface area contributed by atoms with Gasteiger partial charge in [-0.25, -0.2) is 21.9 Å². The van der Waals surface area contributed by atoms with Crippen LogP contribution >= 0.6 is 0 Å². The molecule has 1 aliphatic carbocycles. The molecule has 0 saturated heterocycles. The Balaban J connectivity index is 1.83. The zero-order chi connectivity index (χ0) is 21.2. The first-order chi connectivity index (χ1) is 13.7. The highest BCUT2D eigenvalue weighted by Crippen LogP contribution is 2.26. The molecule has 29 heavy (non-hydrogen) atoms. The third-order valence-corrected chi connectivity index (χ3v) is 6.84. The first-order valence-electron chi connectivity index (χ1n) is 9.57. The summed E-state index contributed by atoms with van der Waals surface area (Å²) in [6.07, 6.45) is 3.56. The summed E-state index contributed by atoms with van der Waals surface area (Å²) in [4.78, 5) is 11.9. The second kappa shape index (κ2) is 8.59. The number of hydrogen-bond acceptors (Lipinski definition) is 3. The minimum absolute atomic E-state index is 0.0375. The molecule has 1 amide bonds. The number of aryl methyl sites for hydroxylation is 1. The van der Waals surface area contributed by atoms with Crippen LogP contribution in [0.4, 0.5) is 14.5 Å². The molecule has 3 rings (SSSR count). The minimum atomic E-state index is -4.13. The summed E-state index contributed by atoms with van der Waals surface area (Å²) in [7, 11) is -4.13. The molecule has 0 heterocycles. The van der Waals surface area contributed by atoms with E-state index < -0.39 is 32.5 Å². The van der Waals surface area contributed by atoms with Crippen LogP contribution < -0.4 is 10.0 Å². The van der Waals surface area contributed by atoms with Crippen molar-refractivity contribution in [1.82, 2.24) is 4.72 Å². The predicted octanol–water partition coefficient (Wildman–Crippen LogP) is 4.38. The molecule has 2 aromatic rings. The van der Waals surface area contributed by atoms with Gasteiger partial charge in [0.2, 0.25) is 10.0 Å². The van der Waals surface area contributed by atoms with E-state index in [0.717, 1.165) is 31.4 Å². The highest BCUT2D eigenvalue weighted by atomic mass is 32.2. The number of amides is 1. The number of hydrogen-bond donors (Lipinski definition) is 2. The van der Waals surface area contributed by atoms with Gasteiger partial charge in [-0.2, -0.15) is 0 Å². The van der Waals surface area contributed by atoms with Crippen molar-refractivity contribution in [2.75, 3.05) is 5.32 Å². The average Bonchev–Trinajstić information content (AvgIpc) is 2.66. The maximum absolute atomic E-state index is 14.3. The van der Waals surface area contributed by atoms with Gasteiger partial charge in [0.15, 0.2) is 0 Å². The minimum Gasteiger partial charge on any atom is -0.322 e. The predicted molar refractivity (Wildman–Crippen MR) is 107 cm³/mol. The van der Waals surface area contributed by atoms with Gasteiger partial charge in [-0.3, -0.25) is 4.79 Å². The summed E-state index contributed by atoms with van der Waals surface area (Å²) in [5.74, 6) is -1.91.